The average Bonchev–Trinajstić information content (AvgIpc) is 2.63. The number of nitrogens with zero attached hydrogens (tertiary/aromatic N) is 3. The molecule has 0 aliphatic heterocycles. The van der Waals surface area contributed by atoms with Gasteiger partial charge in [0.2, 0.25) is 5.95 Å². The van der Waals surface area contributed by atoms with Crippen LogP contribution in [0.4, 0.5) is 10.3 Å². The fraction of sp³-hybridized carbons (Fsp3) is 0.381. The van der Waals surface area contributed by atoms with Crippen molar-refractivity contribution in [1.29, 1.82) is 0 Å². The Balaban J connectivity index is 0.00000176. The molecule has 0 saturated heterocycles. The van der Waals surface area contributed by atoms with E-state index in [1.54, 1.807) is 31.5 Å². The SMILES string of the molecule is C=CCc1c(-c2ccc(F)cc2)nc(N(C)S(=C)(C)=O)nc1C(C)C.CC. The molecule has 1 atom stereocenters. The maximum Gasteiger partial charge on any atom is 0.237 e. The quantitative estimate of drug-likeness (QED) is 0.522. The van der Waals surface area contributed by atoms with E-state index in [9.17, 15) is 8.60 Å². The van der Waals surface area contributed by atoms with Gasteiger partial charge in [0.05, 0.1) is 11.4 Å². The number of hydrogen-bond donors (Lipinski definition) is 0. The van der Waals surface area contributed by atoms with E-state index in [0.29, 0.717) is 18.1 Å². The summed E-state index contributed by atoms with van der Waals surface area (Å²) in [4.78, 5) is 9.26. The Labute approximate surface area is 163 Å². The van der Waals surface area contributed by atoms with E-state index in [0.717, 1.165) is 16.8 Å². The van der Waals surface area contributed by atoms with Gasteiger partial charge in [0.1, 0.15) is 5.82 Å². The fourth-order valence-electron chi connectivity index (χ4n) is 2.47. The molecule has 0 radical (unpaired) electrons. The molecular weight excluding hydrogens is 361 g/mol. The molecule has 0 fully saturated rings. The van der Waals surface area contributed by atoms with Gasteiger partial charge >= 0.3 is 0 Å². The molecule has 1 unspecified atom stereocenters. The van der Waals surface area contributed by atoms with Crippen LogP contribution in [0, 0.1) is 5.82 Å². The molecule has 4 nitrogen and oxygen atoms in total. The van der Waals surface area contributed by atoms with Crippen LogP contribution in [0.2, 0.25) is 0 Å². The highest BCUT2D eigenvalue weighted by atomic mass is 32.2. The molecule has 0 amide bonds. The van der Waals surface area contributed by atoms with Crippen molar-refractivity contribution >= 4 is 21.5 Å². The molecule has 148 valence electrons. The van der Waals surface area contributed by atoms with Gasteiger partial charge in [-0.05, 0) is 42.5 Å². The highest BCUT2D eigenvalue weighted by Crippen LogP contribution is 2.31. The topological polar surface area (TPSA) is 46.1 Å². The van der Waals surface area contributed by atoms with Crippen molar-refractivity contribution < 1.29 is 8.60 Å². The summed E-state index contributed by atoms with van der Waals surface area (Å²) in [5.41, 5.74) is 3.29. The largest absolute Gasteiger partial charge is 0.271 e. The molecule has 0 aliphatic carbocycles. The minimum Gasteiger partial charge on any atom is -0.271 e. The third kappa shape index (κ3) is 5.63. The number of halogens is 1. The first kappa shape index (κ1) is 22.8. The second kappa shape index (κ2) is 9.65. The fourth-order valence-corrected chi connectivity index (χ4v) is 2.90. The molecule has 1 aromatic carbocycles. The summed E-state index contributed by atoms with van der Waals surface area (Å²) in [7, 11) is -0.838. The minimum absolute atomic E-state index is 0.141. The maximum absolute atomic E-state index is 13.3. The Morgan fingerprint density at radius 1 is 1.22 bits per heavy atom. The predicted octanol–water partition coefficient (Wildman–Crippen LogP) is 4.86. The smallest absolute Gasteiger partial charge is 0.237 e. The Hall–Kier alpha value is -2.21. The van der Waals surface area contributed by atoms with Gasteiger partial charge in [-0.1, -0.05) is 33.8 Å². The van der Waals surface area contributed by atoms with Crippen molar-refractivity contribution in [3.05, 3.63) is 54.0 Å². The summed E-state index contributed by atoms with van der Waals surface area (Å²) in [6.45, 7) is 11.9. The monoisotopic (exact) mass is 391 g/mol. The van der Waals surface area contributed by atoms with E-state index >= 15 is 0 Å². The Morgan fingerprint density at radius 2 is 1.78 bits per heavy atom. The van der Waals surface area contributed by atoms with Crippen LogP contribution in [-0.2, 0) is 16.1 Å². The van der Waals surface area contributed by atoms with Gasteiger partial charge in [-0.2, -0.15) is 0 Å². The van der Waals surface area contributed by atoms with E-state index in [-0.39, 0.29) is 11.7 Å². The molecule has 0 saturated carbocycles. The second-order valence-corrected chi connectivity index (χ2v) is 8.81. The summed E-state index contributed by atoms with van der Waals surface area (Å²) < 4.78 is 27.1. The van der Waals surface area contributed by atoms with Gasteiger partial charge in [0, 0.05) is 34.1 Å². The van der Waals surface area contributed by atoms with Crippen LogP contribution < -0.4 is 4.31 Å². The molecule has 27 heavy (non-hydrogen) atoms. The van der Waals surface area contributed by atoms with Crippen molar-refractivity contribution in [2.75, 3.05) is 17.6 Å². The number of aromatic nitrogens is 2. The first-order valence-electron chi connectivity index (χ1n) is 8.99. The highest BCUT2D eigenvalue weighted by molar-refractivity contribution is 8.00. The summed E-state index contributed by atoms with van der Waals surface area (Å²) in [5.74, 6) is 3.88. The Bertz CT molecular complexity index is 875. The molecule has 0 spiro atoms. The molecule has 0 N–H and O–H groups in total. The highest BCUT2D eigenvalue weighted by Gasteiger charge is 2.20. The summed E-state index contributed by atoms with van der Waals surface area (Å²) in [6, 6.07) is 6.17. The summed E-state index contributed by atoms with van der Waals surface area (Å²) >= 11 is 0. The lowest BCUT2D eigenvalue weighted by Gasteiger charge is -2.23. The molecule has 0 bridgehead atoms. The van der Waals surface area contributed by atoms with Crippen molar-refractivity contribution in [3.63, 3.8) is 0 Å². The van der Waals surface area contributed by atoms with Crippen molar-refractivity contribution in [2.45, 2.75) is 40.0 Å². The van der Waals surface area contributed by atoms with Crippen molar-refractivity contribution in [2.24, 2.45) is 0 Å². The first-order valence-corrected chi connectivity index (χ1v) is 11.1. The lowest BCUT2D eigenvalue weighted by molar-refractivity contribution is 0.628. The van der Waals surface area contributed by atoms with Crippen LogP contribution in [0.3, 0.4) is 0 Å². The normalized spacial score (nSPS) is 12.7. The molecular formula is C21H30FN3OS. The van der Waals surface area contributed by atoms with E-state index in [4.69, 9.17) is 0 Å². The van der Waals surface area contributed by atoms with Gasteiger partial charge in [-0.3, -0.25) is 4.31 Å². The maximum atomic E-state index is 13.3. The third-order valence-electron chi connectivity index (χ3n) is 3.90. The zero-order valence-electron chi connectivity index (χ0n) is 17.1. The number of benzene rings is 1. The van der Waals surface area contributed by atoms with Crippen molar-refractivity contribution in [1.82, 2.24) is 9.97 Å². The van der Waals surface area contributed by atoms with Gasteiger partial charge in [-0.15, -0.1) is 6.58 Å². The predicted molar refractivity (Wildman–Crippen MR) is 116 cm³/mol. The zero-order chi connectivity index (χ0) is 20.8. The van der Waals surface area contributed by atoms with Gasteiger partial charge in [-0.25, -0.2) is 18.6 Å². The average molecular weight is 392 g/mol. The molecule has 6 heteroatoms. The zero-order valence-corrected chi connectivity index (χ0v) is 17.9. The summed E-state index contributed by atoms with van der Waals surface area (Å²) in [5, 5.41) is 0. The minimum atomic E-state index is -2.50. The van der Waals surface area contributed by atoms with Crippen LogP contribution in [-0.4, -0.2) is 33.4 Å². The van der Waals surface area contributed by atoms with Crippen molar-refractivity contribution in [3.8, 4) is 11.3 Å². The molecule has 2 aromatic rings. The third-order valence-corrected chi connectivity index (χ3v) is 5.22. The van der Waals surface area contributed by atoms with E-state index < -0.39 is 9.71 Å². The number of rotatable bonds is 6. The molecule has 2 rings (SSSR count). The van der Waals surface area contributed by atoms with Crippen LogP contribution in [0.1, 0.15) is 44.9 Å². The lowest BCUT2D eigenvalue weighted by Crippen LogP contribution is -2.27. The second-order valence-electron chi connectivity index (χ2n) is 6.35. The first-order chi connectivity index (χ1) is 12.6. The number of allylic oxidation sites excluding steroid dienone is 1. The van der Waals surface area contributed by atoms with E-state index in [1.165, 1.54) is 16.4 Å². The van der Waals surface area contributed by atoms with Gasteiger partial charge in [0.15, 0.2) is 0 Å². The Kier molecular flexibility index (Phi) is 8.16. The number of hydrogen-bond acceptors (Lipinski definition) is 3. The van der Waals surface area contributed by atoms with Crippen LogP contribution >= 0.6 is 0 Å². The van der Waals surface area contributed by atoms with E-state index in [2.05, 4.69) is 22.4 Å². The molecule has 0 aliphatic rings. The summed E-state index contributed by atoms with van der Waals surface area (Å²) in [6.07, 6.45) is 3.93. The van der Waals surface area contributed by atoms with Crippen LogP contribution in [0.15, 0.2) is 36.9 Å². The van der Waals surface area contributed by atoms with Crippen LogP contribution in [0.5, 0.6) is 0 Å². The lowest BCUT2D eigenvalue weighted by atomic mass is 9.96. The van der Waals surface area contributed by atoms with Gasteiger partial charge < -0.3 is 0 Å². The van der Waals surface area contributed by atoms with Gasteiger partial charge in [0.25, 0.3) is 0 Å². The number of anilines is 1. The van der Waals surface area contributed by atoms with E-state index in [1.807, 2.05) is 27.7 Å². The standard InChI is InChI=1S/C19H24FN3OS.C2H6/c1-7-8-16-17(13(2)3)21-19(23(4)25(5,6)24)22-18(16)14-9-11-15(20)12-10-14;1-2/h7,9-13H,1,5,8H2,2-4,6H3;1-2H3. The molecule has 1 aromatic heterocycles. The van der Waals surface area contributed by atoms with Crippen LogP contribution in [0.25, 0.3) is 11.3 Å². The molecule has 1 heterocycles. The Morgan fingerprint density at radius 3 is 2.22 bits per heavy atom.